The first-order chi connectivity index (χ1) is 13.4. The second kappa shape index (κ2) is 10.5. The first-order valence-electron chi connectivity index (χ1n) is 8.74. The molecule has 2 atom stereocenters. The summed E-state index contributed by atoms with van der Waals surface area (Å²) in [4.78, 5) is 41.6. The quantitative estimate of drug-likeness (QED) is 0.400. The van der Waals surface area contributed by atoms with Gasteiger partial charge >= 0.3 is 5.97 Å². The number of nitrogens with one attached hydrogen (secondary N) is 2. The molecule has 8 heteroatoms. The Balaban J connectivity index is 2.20. The maximum absolute atomic E-state index is 12.9. The number of pyridine rings is 1. The van der Waals surface area contributed by atoms with E-state index in [-0.39, 0.29) is 5.92 Å². The molecule has 2 N–H and O–H groups in total. The van der Waals surface area contributed by atoms with Gasteiger partial charge in [0.2, 0.25) is 0 Å². The third-order valence-electron chi connectivity index (χ3n) is 3.83. The Morgan fingerprint density at radius 2 is 1.68 bits per heavy atom. The van der Waals surface area contributed by atoms with Crippen molar-refractivity contribution in [1.29, 1.82) is 0 Å². The first kappa shape index (κ1) is 21.4. The average Bonchev–Trinajstić information content (AvgIpc) is 2.71. The van der Waals surface area contributed by atoms with Crippen LogP contribution in [0.15, 0.2) is 59.8 Å². The molecule has 0 aliphatic heterocycles. The SMILES string of the molecule is COC(=O)[C@@H](NC(=O)C(NC(=O)c1ccccc1)Sc1ccccn1)C(C)C. The molecule has 0 fully saturated rings. The van der Waals surface area contributed by atoms with Crippen LogP contribution in [0.5, 0.6) is 0 Å². The molecule has 148 valence electrons. The molecule has 0 radical (unpaired) electrons. The van der Waals surface area contributed by atoms with Crippen molar-refractivity contribution in [2.24, 2.45) is 5.92 Å². The zero-order valence-corrected chi connectivity index (χ0v) is 16.7. The van der Waals surface area contributed by atoms with Crippen LogP contribution in [0.25, 0.3) is 0 Å². The van der Waals surface area contributed by atoms with Crippen LogP contribution in [0.2, 0.25) is 0 Å². The van der Waals surface area contributed by atoms with Crippen molar-refractivity contribution in [1.82, 2.24) is 15.6 Å². The molecular weight excluding hydrogens is 378 g/mol. The van der Waals surface area contributed by atoms with Crippen LogP contribution in [0.1, 0.15) is 24.2 Å². The Labute approximate surface area is 168 Å². The van der Waals surface area contributed by atoms with Crippen LogP contribution in [0, 0.1) is 5.92 Å². The van der Waals surface area contributed by atoms with E-state index in [9.17, 15) is 14.4 Å². The zero-order chi connectivity index (χ0) is 20.5. The van der Waals surface area contributed by atoms with Gasteiger partial charge in [0, 0.05) is 11.8 Å². The number of thioether (sulfide) groups is 1. The lowest BCUT2D eigenvalue weighted by atomic mass is 10.0. The molecule has 0 saturated heterocycles. The Morgan fingerprint density at radius 1 is 1.00 bits per heavy atom. The summed E-state index contributed by atoms with van der Waals surface area (Å²) in [7, 11) is 1.27. The van der Waals surface area contributed by atoms with Gasteiger partial charge in [0.1, 0.15) is 6.04 Å². The lowest BCUT2D eigenvalue weighted by molar-refractivity contribution is -0.146. The first-order valence-corrected chi connectivity index (χ1v) is 9.62. The second-order valence-electron chi connectivity index (χ2n) is 6.26. The molecule has 1 heterocycles. The molecule has 1 unspecified atom stereocenters. The van der Waals surface area contributed by atoms with Gasteiger partial charge in [-0.05, 0) is 30.2 Å². The van der Waals surface area contributed by atoms with E-state index in [4.69, 9.17) is 4.74 Å². The molecule has 0 aliphatic rings. The number of aromatic nitrogens is 1. The lowest BCUT2D eigenvalue weighted by Crippen LogP contribution is -2.52. The van der Waals surface area contributed by atoms with Crippen LogP contribution in [-0.2, 0) is 14.3 Å². The molecule has 2 amide bonds. The van der Waals surface area contributed by atoms with Crippen LogP contribution < -0.4 is 10.6 Å². The smallest absolute Gasteiger partial charge is 0.328 e. The Bertz CT molecular complexity index is 800. The maximum Gasteiger partial charge on any atom is 0.328 e. The van der Waals surface area contributed by atoms with Crippen molar-refractivity contribution < 1.29 is 19.1 Å². The summed E-state index contributed by atoms with van der Waals surface area (Å²) in [5.41, 5.74) is 0.426. The number of carbonyl (C=O) groups is 3. The minimum absolute atomic E-state index is 0.179. The number of hydrogen-bond acceptors (Lipinski definition) is 6. The summed E-state index contributed by atoms with van der Waals surface area (Å²) >= 11 is 1.09. The number of benzene rings is 1. The largest absolute Gasteiger partial charge is 0.467 e. The number of rotatable bonds is 8. The van der Waals surface area contributed by atoms with Crippen molar-refractivity contribution in [2.75, 3.05) is 7.11 Å². The Hall–Kier alpha value is -2.87. The van der Waals surface area contributed by atoms with Crippen LogP contribution in [0.3, 0.4) is 0 Å². The van der Waals surface area contributed by atoms with E-state index in [1.807, 2.05) is 0 Å². The average molecular weight is 401 g/mol. The molecule has 2 aromatic rings. The third-order valence-corrected chi connectivity index (χ3v) is 4.88. The topological polar surface area (TPSA) is 97.4 Å². The number of ether oxygens (including phenoxy) is 1. The molecule has 0 spiro atoms. The van der Waals surface area contributed by atoms with Gasteiger partial charge in [-0.25, -0.2) is 9.78 Å². The van der Waals surface area contributed by atoms with Gasteiger partial charge < -0.3 is 15.4 Å². The fraction of sp³-hybridized carbons (Fsp3) is 0.300. The number of hydrogen-bond donors (Lipinski definition) is 2. The highest BCUT2D eigenvalue weighted by Gasteiger charge is 2.30. The van der Waals surface area contributed by atoms with E-state index in [0.717, 1.165) is 11.8 Å². The van der Waals surface area contributed by atoms with Crippen molar-refractivity contribution in [2.45, 2.75) is 30.3 Å². The highest BCUT2D eigenvalue weighted by atomic mass is 32.2. The minimum atomic E-state index is -0.978. The molecule has 1 aromatic heterocycles. The lowest BCUT2D eigenvalue weighted by Gasteiger charge is -2.23. The standard InChI is InChI=1S/C20H23N3O4S/c1-13(2)16(20(26)27-3)22-18(25)19(28-15-11-7-8-12-21-15)23-17(24)14-9-5-4-6-10-14/h4-13,16,19H,1-3H3,(H,22,25)(H,23,24)/t16-,19?/m0/s1. The normalized spacial score (nSPS) is 12.7. The number of amides is 2. The minimum Gasteiger partial charge on any atom is -0.467 e. The van der Waals surface area contributed by atoms with Gasteiger partial charge in [0.25, 0.3) is 11.8 Å². The number of nitrogens with zero attached hydrogens (tertiary/aromatic N) is 1. The molecule has 2 rings (SSSR count). The van der Waals surface area contributed by atoms with E-state index in [1.54, 1.807) is 68.6 Å². The fourth-order valence-electron chi connectivity index (χ4n) is 2.33. The van der Waals surface area contributed by atoms with Crippen LogP contribution >= 0.6 is 11.8 Å². The van der Waals surface area contributed by atoms with Crippen molar-refractivity contribution in [3.63, 3.8) is 0 Å². The van der Waals surface area contributed by atoms with Crippen LogP contribution in [0.4, 0.5) is 0 Å². The van der Waals surface area contributed by atoms with E-state index in [2.05, 4.69) is 15.6 Å². The zero-order valence-electron chi connectivity index (χ0n) is 15.9. The van der Waals surface area contributed by atoms with E-state index in [0.29, 0.717) is 10.6 Å². The highest BCUT2D eigenvalue weighted by molar-refractivity contribution is 8.00. The number of carbonyl (C=O) groups excluding carboxylic acids is 3. The third kappa shape index (κ3) is 6.09. The maximum atomic E-state index is 12.9. The summed E-state index contributed by atoms with van der Waals surface area (Å²) in [6.07, 6.45) is 1.60. The summed E-state index contributed by atoms with van der Waals surface area (Å²) in [5.74, 6) is -1.63. The Kier molecular flexibility index (Phi) is 8.01. The summed E-state index contributed by atoms with van der Waals surface area (Å²) in [5, 5.41) is 4.96. The summed E-state index contributed by atoms with van der Waals surface area (Å²) < 4.78 is 4.76. The van der Waals surface area contributed by atoms with E-state index in [1.165, 1.54) is 7.11 Å². The molecular formula is C20H23N3O4S. The van der Waals surface area contributed by atoms with Gasteiger partial charge in [-0.1, -0.05) is 49.9 Å². The molecule has 1 aromatic carbocycles. The molecule has 7 nitrogen and oxygen atoms in total. The van der Waals surface area contributed by atoms with Gasteiger partial charge in [-0.15, -0.1) is 0 Å². The summed E-state index contributed by atoms with van der Waals surface area (Å²) in [6.45, 7) is 3.59. The van der Waals surface area contributed by atoms with Gasteiger partial charge in [0.05, 0.1) is 12.1 Å². The van der Waals surface area contributed by atoms with Crippen molar-refractivity contribution >= 4 is 29.5 Å². The fourth-order valence-corrected chi connectivity index (χ4v) is 3.19. The second-order valence-corrected chi connectivity index (χ2v) is 7.38. The number of methoxy groups -OCH3 is 1. The highest BCUT2D eigenvalue weighted by Crippen LogP contribution is 2.20. The Morgan fingerprint density at radius 3 is 2.25 bits per heavy atom. The molecule has 28 heavy (non-hydrogen) atoms. The molecule has 0 saturated carbocycles. The van der Waals surface area contributed by atoms with Gasteiger partial charge in [0.15, 0.2) is 5.37 Å². The summed E-state index contributed by atoms with van der Waals surface area (Å²) in [6, 6.07) is 13.0. The van der Waals surface area contributed by atoms with Gasteiger partial charge in [-0.2, -0.15) is 0 Å². The van der Waals surface area contributed by atoms with Crippen molar-refractivity contribution in [3.05, 3.63) is 60.3 Å². The van der Waals surface area contributed by atoms with Gasteiger partial charge in [-0.3, -0.25) is 9.59 Å². The molecule has 0 bridgehead atoms. The van der Waals surface area contributed by atoms with Crippen LogP contribution in [-0.4, -0.2) is 41.3 Å². The van der Waals surface area contributed by atoms with E-state index < -0.39 is 29.2 Å². The van der Waals surface area contributed by atoms with Crippen molar-refractivity contribution in [3.8, 4) is 0 Å². The predicted octanol–water partition coefficient (Wildman–Crippen LogP) is 2.24. The van der Waals surface area contributed by atoms with E-state index >= 15 is 0 Å². The monoisotopic (exact) mass is 401 g/mol. The molecule has 0 aliphatic carbocycles. The number of esters is 1. The predicted molar refractivity (Wildman–Crippen MR) is 107 cm³/mol.